The molecule has 1 atom stereocenters. The Labute approximate surface area is 124 Å². The SMILES string of the molecule is N#Cc1ccc(Cl)cc1NC(c1ccccc1)C(F)(F)F. The fraction of sp³-hybridized carbons (Fsp3) is 0.133. The fourth-order valence-electron chi connectivity index (χ4n) is 1.89. The van der Waals surface area contributed by atoms with Gasteiger partial charge in [0.15, 0.2) is 0 Å². The molecule has 0 bridgehead atoms. The van der Waals surface area contributed by atoms with Crippen LogP contribution in [-0.4, -0.2) is 6.18 Å². The van der Waals surface area contributed by atoms with E-state index >= 15 is 0 Å². The Kier molecular flexibility index (Phi) is 4.39. The van der Waals surface area contributed by atoms with Crippen LogP contribution in [0.15, 0.2) is 48.5 Å². The molecule has 2 aromatic carbocycles. The van der Waals surface area contributed by atoms with Gasteiger partial charge in [0.25, 0.3) is 0 Å². The number of rotatable bonds is 3. The van der Waals surface area contributed by atoms with Crippen molar-refractivity contribution in [2.45, 2.75) is 12.2 Å². The predicted molar refractivity (Wildman–Crippen MR) is 75.0 cm³/mol. The van der Waals surface area contributed by atoms with Crippen LogP contribution in [0.5, 0.6) is 0 Å². The molecule has 0 aliphatic rings. The van der Waals surface area contributed by atoms with Gasteiger partial charge >= 0.3 is 6.18 Å². The summed E-state index contributed by atoms with van der Waals surface area (Å²) in [6, 6.07) is 11.5. The number of nitriles is 1. The van der Waals surface area contributed by atoms with Crippen molar-refractivity contribution in [3.05, 3.63) is 64.7 Å². The van der Waals surface area contributed by atoms with Crippen molar-refractivity contribution in [1.82, 2.24) is 0 Å². The van der Waals surface area contributed by atoms with Gasteiger partial charge in [0.2, 0.25) is 0 Å². The largest absolute Gasteiger partial charge is 0.412 e. The van der Waals surface area contributed by atoms with Crippen LogP contribution in [0.1, 0.15) is 17.2 Å². The highest BCUT2D eigenvalue weighted by molar-refractivity contribution is 6.30. The van der Waals surface area contributed by atoms with E-state index in [1.807, 2.05) is 6.07 Å². The molecule has 0 spiro atoms. The molecule has 2 rings (SSSR count). The first-order chi connectivity index (χ1) is 9.91. The molecule has 2 aromatic rings. The third kappa shape index (κ3) is 3.67. The van der Waals surface area contributed by atoms with Crippen LogP contribution in [0, 0.1) is 11.3 Å². The molecule has 21 heavy (non-hydrogen) atoms. The molecule has 0 saturated heterocycles. The lowest BCUT2D eigenvalue weighted by Crippen LogP contribution is -2.28. The molecular weight excluding hydrogens is 301 g/mol. The summed E-state index contributed by atoms with van der Waals surface area (Å²) in [5.74, 6) is 0. The van der Waals surface area contributed by atoms with E-state index in [9.17, 15) is 13.2 Å². The second-order valence-corrected chi connectivity index (χ2v) is 4.77. The van der Waals surface area contributed by atoms with Crippen LogP contribution >= 0.6 is 11.6 Å². The second-order valence-electron chi connectivity index (χ2n) is 4.33. The predicted octanol–water partition coefficient (Wildman–Crippen LogP) is 4.93. The lowest BCUT2D eigenvalue weighted by molar-refractivity contribution is -0.144. The van der Waals surface area contributed by atoms with E-state index in [1.54, 1.807) is 6.07 Å². The number of benzene rings is 2. The number of anilines is 1. The number of alkyl halides is 3. The molecule has 0 aromatic heterocycles. The average Bonchev–Trinajstić information content (AvgIpc) is 2.44. The van der Waals surface area contributed by atoms with Gasteiger partial charge in [-0.1, -0.05) is 41.9 Å². The Balaban J connectivity index is 2.42. The summed E-state index contributed by atoms with van der Waals surface area (Å²) >= 11 is 5.79. The van der Waals surface area contributed by atoms with Gasteiger partial charge < -0.3 is 5.32 Å². The van der Waals surface area contributed by atoms with E-state index in [1.165, 1.54) is 42.5 Å². The quantitative estimate of drug-likeness (QED) is 0.872. The number of halogens is 4. The van der Waals surface area contributed by atoms with E-state index in [4.69, 9.17) is 16.9 Å². The number of hydrogen-bond donors (Lipinski definition) is 1. The lowest BCUT2D eigenvalue weighted by atomic mass is 10.1. The van der Waals surface area contributed by atoms with E-state index in [0.717, 1.165) is 0 Å². The topological polar surface area (TPSA) is 35.8 Å². The Hall–Kier alpha value is -2.19. The van der Waals surface area contributed by atoms with Crippen LogP contribution in [-0.2, 0) is 0 Å². The van der Waals surface area contributed by atoms with Gasteiger partial charge in [-0.05, 0) is 23.8 Å². The maximum atomic E-state index is 13.2. The minimum Gasteiger partial charge on any atom is -0.369 e. The second kappa shape index (κ2) is 6.06. The van der Waals surface area contributed by atoms with Crippen LogP contribution in [0.4, 0.5) is 18.9 Å². The Morgan fingerprint density at radius 1 is 1.10 bits per heavy atom. The van der Waals surface area contributed by atoms with Crippen molar-refractivity contribution in [3.8, 4) is 6.07 Å². The lowest BCUT2D eigenvalue weighted by Gasteiger charge is -2.23. The Morgan fingerprint density at radius 2 is 1.76 bits per heavy atom. The van der Waals surface area contributed by atoms with Crippen LogP contribution < -0.4 is 5.32 Å². The first-order valence-corrected chi connectivity index (χ1v) is 6.37. The zero-order valence-corrected chi connectivity index (χ0v) is 11.4. The molecule has 0 heterocycles. The maximum Gasteiger partial charge on any atom is 0.412 e. The Bertz CT molecular complexity index is 663. The first-order valence-electron chi connectivity index (χ1n) is 5.99. The minimum absolute atomic E-state index is 0.0520. The molecule has 0 amide bonds. The molecule has 0 aliphatic carbocycles. The minimum atomic E-state index is -4.50. The molecule has 1 unspecified atom stereocenters. The third-order valence-electron chi connectivity index (χ3n) is 2.86. The van der Waals surface area contributed by atoms with Gasteiger partial charge in [0, 0.05) is 5.02 Å². The van der Waals surface area contributed by atoms with Crippen molar-refractivity contribution in [1.29, 1.82) is 5.26 Å². The van der Waals surface area contributed by atoms with Crippen LogP contribution in [0.3, 0.4) is 0 Å². The summed E-state index contributed by atoms with van der Waals surface area (Å²) in [6.07, 6.45) is -4.50. The first kappa shape index (κ1) is 15.2. The number of nitrogens with zero attached hydrogens (tertiary/aromatic N) is 1. The van der Waals surface area contributed by atoms with E-state index < -0.39 is 12.2 Å². The number of hydrogen-bond acceptors (Lipinski definition) is 2. The normalized spacial score (nSPS) is 12.5. The van der Waals surface area contributed by atoms with Gasteiger partial charge in [-0.15, -0.1) is 0 Å². The van der Waals surface area contributed by atoms with E-state index in [0.29, 0.717) is 0 Å². The highest BCUT2D eigenvalue weighted by Crippen LogP contribution is 2.36. The van der Waals surface area contributed by atoms with Gasteiger partial charge in [-0.3, -0.25) is 0 Å². The summed E-state index contributed by atoms with van der Waals surface area (Å²) in [5, 5.41) is 11.6. The summed E-state index contributed by atoms with van der Waals surface area (Å²) < 4.78 is 39.7. The molecule has 6 heteroatoms. The highest BCUT2D eigenvalue weighted by Gasteiger charge is 2.41. The smallest absolute Gasteiger partial charge is 0.369 e. The van der Waals surface area contributed by atoms with Crippen molar-refractivity contribution in [3.63, 3.8) is 0 Å². The highest BCUT2D eigenvalue weighted by atomic mass is 35.5. The number of nitrogens with one attached hydrogen (secondary N) is 1. The molecule has 2 nitrogen and oxygen atoms in total. The van der Waals surface area contributed by atoms with Gasteiger partial charge in [-0.2, -0.15) is 18.4 Å². The van der Waals surface area contributed by atoms with Crippen molar-refractivity contribution in [2.75, 3.05) is 5.32 Å². The van der Waals surface area contributed by atoms with Crippen LogP contribution in [0.2, 0.25) is 5.02 Å². The summed E-state index contributed by atoms with van der Waals surface area (Å²) in [7, 11) is 0. The molecule has 0 saturated carbocycles. The van der Waals surface area contributed by atoms with Crippen molar-refractivity contribution < 1.29 is 13.2 Å². The standard InChI is InChI=1S/C15H10ClF3N2/c16-12-7-6-11(9-20)13(8-12)21-14(15(17,18)19)10-4-2-1-3-5-10/h1-8,14,21H. The van der Waals surface area contributed by atoms with E-state index in [-0.39, 0.29) is 21.8 Å². The van der Waals surface area contributed by atoms with Gasteiger partial charge in [-0.25, -0.2) is 0 Å². The molecule has 0 radical (unpaired) electrons. The van der Waals surface area contributed by atoms with Gasteiger partial charge in [0.1, 0.15) is 12.1 Å². The zero-order chi connectivity index (χ0) is 15.5. The molecule has 0 fully saturated rings. The Morgan fingerprint density at radius 3 is 2.33 bits per heavy atom. The summed E-state index contributed by atoms with van der Waals surface area (Å²) in [6.45, 7) is 0. The van der Waals surface area contributed by atoms with Crippen LogP contribution in [0.25, 0.3) is 0 Å². The molecule has 1 N–H and O–H groups in total. The van der Waals surface area contributed by atoms with E-state index in [2.05, 4.69) is 5.32 Å². The maximum absolute atomic E-state index is 13.2. The van der Waals surface area contributed by atoms with Crippen molar-refractivity contribution >= 4 is 17.3 Å². The third-order valence-corrected chi connectivity index (χ3v) is 3.10. The monoisotopic (exact) mass is 310 g/mol. The fourth-order valence-corrected chi connectivity index (χ4v) is 2.06. The molecule has 108 valence electrons. The zero-order valence-electron chi connectivity index (χ0n) is 10.7. The summed E-state index contributed by atoms with van der Waals surface area (Å²) in [5.41, 5.74) is 0.217. The molecule has 0 aliphatic heterocycles. The molecular formula is C15H10ClF3N2. The van der Waals surface area contributed by atoms with Gasteiger partial charge in [0.05, 0.1) is 11.3 Å². The summed E-state index contributed by atoms with van der Waals surface area (Å²) in [4.78, 5) is 0. The average molecular weight is 311 g/mol. The van der Waals surface area contributed by atoms with Crippen molar-refractivity contribution in [2.24, 2.45) is 0 Å².